The summed E-state index contributed by atoms with van der Waals surface area (Å²) in [6.07, 6.45) is -7.77. The molecule has 2 atom stereocenters. The lowest BCUT2D eigenvalue weighted by Gasteiger charge is -2.19. The van der Waals surface area contributed by atoms with Gasteiger partial charge >= 0.3 is 6.18 Å². The Morgan fingerprint density at radius 3 is 2.37 bits per heavy atom. The summed E-state index contributed by atoms with van der Waals surface area (Å²) in [7, 11) is 0. The third-order valence-electron chi connectivity index (χ3n) is 2.64. The standard InChI is InChI=1S/C12H13F3O4/c13-12(14,15)9-5-7(1-2-8(9)6-17)11(19)10(18)3-4-16/h1-2,5-6,10-11,16,18-19H,3-4H2. The molecule has 0 heterocycles. The van der Waals surface area contributed by atoms with Crippen LogP contribution in [0.3, 0.4) is 0 Å². The van der Waals surface area contributed by atoms with E-state index in [0.717, 1.165) is 12.1 Å². The Morgan fingerprint density at radius 1 is 1.26 bits per heavy atom. The lowest BCUT2D eigenvalue weighted by molar-refractivity contribution is -0.138. The van der Waals surface area contributed by atoms with Gasteiger partial charge in [0, 0.05) is 12.2 Å². The normalized spacial score (nSPS) is 15.1. The van der Waals surface area contributed by atoms with Gasteiger partial charge in [0.05, 0.1) is 11.7 Å². The second-order valence-electron chi connectivity index (χ2n) is 3.99. The first-order chi connectivity index (χ1) is 8.81. The Morgan fingerprint density at radius 2 is 1.89 bits per heavy atom. The molecule has 1 aromatic carbocycles. The van der Waals surface area contributed by atoms with Crippen LogP contribution in [0.25, 0.3) is 0 Å². The van der Waals surface area contributed by atoms with Crippen LogP contribution in [0, 0.1) is 0 Å². The molecule has 106 valence electrons. The molecular formula is C12H13F3O4. The molecular weight excluding hydrogens is 265 g/mol. The number of carbonyl (C=O) groups excluding carboxylic acids is 1. The van der Waals surface area contributed by atoms with Crippen molar-refractivity contribution in [2.24, 2.45) is 0 Å². The van der Waals surface area contributed by atoms with Crippen LogP contribution in [0.15, 0.2) is 18.2 Å². The minimum atomic E-state index is -4.73. The molecule has 1 aromatic rings. The van der Waals surface area contributed by atoms with Crippen LogP contribution in [0.5, 0.6) is 0 Å². The van der Waals surface area contributed by atoms with Gasteiger partial charge in [0.1, 0.15) is 6.10 Å². The fourth-order valence-electron chi connectivity index (χ4n) is 1.62. The van der Waals surface area contributed by atoms with Gasteiger partial charge in [-0.05, 0) is 18.1 Å². The number of aliphatic hydroxyl groups excluding tert-OH is 3. The quantitative estimate of drug-likeness (QED) is 0.709. The van der Waals surface area contributed by atoms with E-state index in [-0.39, 0.29) is 18.3 Å². The van der Waals surface area contributed by atoms with Crippen molar-refractivity contribution in [1.82, 2.24) is 0 Å². The molecule has 19 heavy (non-hydrogen) atoms. The lowest BCUT2D eigenvalue weighted by atomic mass is 9.97. The molecule has 0 saturated heterocycles. The average molecular weight is 278 g/mol. The zero-order valence-electron chi connectivity index (χ0n) is 9.76. The molecule has 0 aliphatic heterocycles. The Kier molecular flexibility index (Phi) is 5.04. The highest BCUT2D eigenvalue weighted by molar-refractivity contribution is 5.77. The molecule has 2 unspecified atom stereocenters. The van der Waals surface area contributed by atoms with E-state index in [1.165, 1.54) is 0 Å². The highest BCUT2D eigenvalue weighted by Gasteiger charge is 2.34. The Bertz CT molecular complexity index is 445. The van der Waals surface area contributed by atoms with Crippen molar-refractivity contribution in [2.45, 2.75) is 24.8 Å². The summed E-state index contributed by atoms with van der Waals surface area (Å²) in [5, 5.41) is 27.7. The van der Waals surface area contributed by atoms with E-state index in [4.69, 9.17) is 5.11 Å². The van der Waals surface area contributed by atoms with Crippen molar-refractivity contribution < 1.29 is 33.3 Å². The fourth-order valence-corrected chi connectivity index (χ4v) is 1.62. The second kappa shape index (κ2) is 6.14. The third kappa shape index (κ3) is 3.76. The Balaban J connectivity index is 3.15. The summed E-state index contributed by atoms with van der Waals surface area (Å²) in [6, 6.07) is 2.68. The Hall–Kier alpha value is -1.44. The maximum atomic E-state index is 12.7. The number of benzene rings is 1. The molecule has 0 amide bonds. The van der Waals surface area contributed by atoms with Crippen molar-refractivity contribution in [2.75, 3.05) is 6.61 Å². The number of alkyl halides is 3. The van der Waals surface area contributed by atoms with E-state index in [1.54, 1.807) is 0 Å². The van der Waals surface area contributed by atoms with Crippen LogP contribution < -0.4 is 0 Å². The topological polar surface area (TPSA) is 77.8 Å². The SMILES string of the molecule is O=Cc1ccc(C(O)C(O)CCO)cc1C(F)(F)F. The van der Waals surface area contributed by atoms with Gasteiger partial charge < -0.3 is 15.3 Å². The van der Waals surface area contributed by atoms with E-state index < -0.39 is 36.1 Å². The molecule has 0 aromatic heterocycles. The summed E-state index contributed by atoms with van der Waals surface area (Å²) in [4.78, 5) is 10.5. The molecule has 3 N–H and O–H groups in total. The molecule has 4 nitrogen and oxygen atoms in total. The highest BCUT2D eigenvalue weighted by Crippen LogP contribution is 2.33. The number of hydrogen-bond acceptors (Lipinski definition) is 4. The summed E-state index contributed by atoms with van der Waals surface area (Å²) >= 11 is 0. The van der Waals surface area contributed by atoms with Crippen LogP contribution in [0.1, 0.15) is 34.0 Å². The molecule has 0 aliphatic carbocycles. The van der Waals surface area contributed by atoms with E-state index >= 15 is 0 Å². The van der Waals surface area contributed by atoms with Crippen molar-refractivity contribution in [3.05, 3.63) is 34.9 Å². The summed E-state index contributed by atoms with van der Waals surface area (Å²) < 4.78 is 38.1. The molecule has 0 aliphatic rings. The van der Waals surface area contributed by atoms with Gasteiger partial charge in [-0.2, -0.15) is 13.2 Å². The zero-order chi connectivity index (χ0) is 14.6. The average Bonchev–Trinajstić information content (AvgIpc) is 2.36. The van der Waals surface area contributed by atoms with Gasteiger partial charge in [-0.3, -0.25) is 4.79 Å². The summed E-state index contributed by atoms with van der Waals surface area (Å²) in [5.41, 5.74) is -1.88. The molecule has 0 fully saturated rings. The minimum Gasteiger partial charge on any atom is -0.396 e. The van der Waals surface area contributed by atoms with Gasteiger partial charge in [-0.25, -0.2) is 0 Å². The third-order valence-corrected chi connectivity index (χ3v) is 2.64. The smallest absolute Gasteiger partial charge is 0.396 e. The molecule has 0 saturated carbocycles. The van der Waals surface area contributed by atoms with Gasteiger partial charge in [0.2, 0.25) is 0 Å². The number of aliphatic hydroxyl groups is 3. The summed E-state index contributed by atoms with van der Waals surface area (Å²) in [6.45, 7) is -0.406. The number of aldehydes is 1. The van der Waals surface area contributed by atoms with Crippen molar-refractivity contribution in [3.8, 4) is 0 Å². The predicted octanol–water partition coefficient (Wildman–Crippen LogP) is 1.29. The van der Waals surface area contributed by atoms with Crippen LogP contribution in [0.4, 0.5) is 13.2 Å². The summed E-state index contributed by atoms with van der Waals surface area (Å²) in [5.74, 6) is 0. The van der Waals surface area contributed by atoms with E-state index in [9.17, 15) is 28.2 Å². The van der Waals surface area contributed by atoms with Crippen LogP contribution >= 0.6 is 0 Å². The monoisotopic (exact) mass is 278 g/mol. The largest absolute Gasteiger partial charge is 0.417 e. The number of halogens is 3. The first kappa shape index (κ1) is 15.6. The molecule has 1 rings (SSSR count). The van der Waals surface area contributed by atoms with Crippen molar-refractivity contribution in [1.29, 1.82) is 0 Å². The molecule has 7 heteroatoms. The fraction of sp³-hybridized carbons (Fsp3) is 0.417. The van der Waals surface area contributed by atoms with Gasteiger partial charge in [0.15, 0.2) is 6.29 Å². The van der Waals surface area contributed by atoms with Gasteiger partial charge in [-0.1, -0.05) is 12.1 Å². The van der Waals surface area contributed by atoms with Gasteiger partial charge in [0.25, 0.3) is 0 Å². The van der Waals surface area contributed by atoms with Crippen molar-refractivity contribution >= 4 is 6.29 Å². The molecule has 0 spiro atoms. The van der Waals surface area contributed by atoms with Gasteiger partial charge in [-0.15, -0.1) is 0 Å². The van der Waals surface area contributed by atoms with E-state index in [2.05, 4.69) is 0 Å². The van der Waals surface area contributed by atoms with Crippen LogP contribution in [-0.4, -0.2) is 34.3 Å². The number of rotatable bonds is 5. The molecule has 0 bridgehead atoms. The van der Waals surface area contributed by atoms with E-state index in [0.29, 0.717) is 6.07 Å². The maximum Gasteiger partial charge on any atom is 0.417 e. The molecule has 0 radical (unpaired) electrons. The first-order valence-electron chi connectivity index (χ1n) is 5.44. The zero-order valence-corrected chi connectivity index (χ0v) is 9.76. The lowest BCUT2D eigenvalue weighted by Crippen LogP contribution is -2.20. The minimum absolute atomic E-state index is 0.0726. The number of hydrogen-bond donors (Lipinski definition) is 3. The predicted molar refractivity (Wildman–Crippen MR) is 59.5 cm³/mol. The van der Waals surface area contributed by atoms with Crippen LogP contribution in [-0.2, 0) is 6.18 Å². The highest BCUT2D eigenvalue weighted by atomic mass is 19.4. The second-order valence-corrected chi connectivity index (χ2v) is 3.99. The van der Waals surface area contributed by atoms with Crippen molar-refractivity contribution in [3.63, 3.8) is 0 Å². The van der Waals surface area contributed by atoms with Crippen LogP contribution in [0.2, 0.25) is 0 Å². The van der Waals surface area contributed by atoms with E-state index in [1.807, 2.05) is 0 Å². The first-order valence-corrected chi connectivity index (χ1v) is 5.44. The maximum absolute atomic E-state index is 12.7. The Labute approximate surface area is 107 Å². The number of carbonyl (C=O) groups is 1.